The second-order valence-corrected chi connectivity index (χ2v) is 9.33. The number of halogens is 1. The molecule has 166 valence electrons. The minimum absolute atomic E-state index is 0.352. The summed E-state index contributed by atoms with van der Waals surface area (Å²) in [6, 6.07) is 9.87. The molecule has 0 amide bonds. The number of fused-ring (bicyclic) bond motifs is 2. The molecule has 1 unspecified atom stereocenters. The Morgan fingerprint density at radius 3 is 2.85 bits per heavy atom. The summed E-state index contributed by atoms with van der Waals surface area (Å²) in [7, 11) is 0. The Bertz CT molecular complexity index is 1410. The fraction of sp³-hybridized carbons (Fsp3) is 0.136. The third-order valence-electron chi connectivity index (χ3n) is 5.42. The minimum Gasteiger partial charge on any atom is -0.565 e. The molecule has 0 saturated carbocycles. The fourth-order valence-electron chi connectivity index (χ4n) is 3.90. The third-order valence-corrected chi connectivity index (χ3v) is 7.27. The fourth-order valence-corrected chi connectivity index (χ4v) is 5.74. The lowest BCUT2D eigenvalue weighted by molar-refractivity contribution is 0.176. The van der Waals surface area contributed by atoms with Gasteiger partial charge in [0, 0.05) is 17.8 Å². The highest BCUT2D eigenvalue weighted by atomic mass is 32.2. The SMILES string of the molecule is Cc1cn(-c2ccc(/C=C3\OCCN4C3=N[S+]([O-])N4c3ccc(F)cc3)c3cnsc23)cn1. The van der Waals surface area contributed by atoms with E-state index >= 15 is 0 Å². The molecule has 2 aromatic heterocycles. The van der Waals surface area contributed by atoms with Gasteiger partial charge in [0.05, 0.1) is 29.0 Å². The Morgan fingerprint density at radius 1 is 1.21 bits per heavy atom. The molecule has 4 heterocycles. The number of imidazole rings is 1. The topological polar surface area (TPSA) is 81.8 Å². The molecule has 0 spiro atoms. The highest BCUT2D eigenvalue weighted by Crippen LogP contribution is 2.34. The van der Waals surface area contributed by atoms with E-state index in [1.165, 1.54) is 23.7 Å². The Morgan fingerprint density at radius 2 is 2.06 bits per heavy atom. The number of aromatic nitrogens is 3. The molecule has 0 N–H and O–H groups in total. The molecule has 2 aliphatic heterocycles. The number of nitrogens with zero attached hydrogens (tertiary/aromatic N) is 6. The van der Waals surface area contributed by atoms with Gasteiger partial charge in [-0.3, -0.25) is 0 Å². The molecule has 2 aliphatic rings. The molecule has 1 fully saturated rings. The van der Waals surface area contributed by atoms with Gasteiger partial charge in [0.2, 0.25) is 17.4 Å². The molecule has 8 nitrogen and oxygen atoms in total. The number of aryl methyl sites for hydroxylation is 1. The first-order valence-corrected chi connectivity index (χ1v) is 12.0. The summed E-state index contributed by atoms with van der Waals surface area (Å²) in [4.78, 5) is 4.32. The molecule has 0 aliphatic carbocycles. The van der Waals surface area contributed by atoms with Crippen molar-refractivity contribution in [2.24, 2.45) is 4.40 Å². The van der Waals surface area contributed by atoms with Crippen LogP contribution in [0.25, 0.3) is 21.8 Å². The van der Waals surface area contributed by atoms with Crippen LogP contribution in [0.1, 0.15) is 11.3 Å². The van der Waals surface area contributed by atoms with E-state index in [2.05, 4.69) is 13.8 Å². The van der Waals surface area contributed by atoms with Gasteiger partial charge in [0.25, 0.3) is 0 Å². The second-order valence-electron chi connectivity index (χ2n) is 7.54. The lowest BCUT2D eigenvalue weighted by Crippen LogP contribution is -2.48. The number of hydrazine groups is 1. The number of rotatable bonds is 3. The van der Waals surface area contributed by atoms with E-state index in [4.69, 9.17) is 4.74 Å². The molecule has 33 heavy (non-hydrogen) atoms. The number of hydrogen-bond donors (Lipinski definition) is 0. The number of ether oxygens (including phenoxy) is 1. The summed E-state index contributed by atoms with van der Waals surface area (Å²) in [5, 5.41) is 2.79. The van der Waals surface area contributed by atoms with Gasteiger partial charge in [-0.15, -0.1) is 0 Å². The van der Waals surface area contributed by atoms with Gasteiger partial charge in [0.1, 0.15) is 18.1 Å². The molecule has 11 heteroatoms. The molecule has 1 atom stereocenters. The van der Waals surface area contributed by atoms with Gasteiger partial charge in [0.15, 0.2) is 5.76 Å². The number of hydrogen-bond acceptors (Lipinski definition) is 8. The lowest BCUT2D eigenvalue weighted by Gasteiger charge is -2.31. The summed E-state index contributed by atoms with van der Waals surface area (Å²) in [5.74, 6) is 0.655. The van der Waals surface area contributed by atoms with Gasteiger partial charge in [-0.2, -0.15) is 4.37 Å². The van der Waals surface area contributed by atoms with Crippen LogP contribution in [0.5, 0.6) is 0 Å². The zero-order valence-corrected chi connectivity index (χ0v) is 19.0. The first-order valence-electron chi connectivity index (χ1n) is 10.2. The van der Waals surface area contributed by atoms with Crippen LogP contribution in [-0.4, -0.2) is 42.5 Å². The monoisotopic (exact) mass is 480 g/mol. The lowest BCUT2D eigenvalue weighted by atomic mass is 10.1. The molecule has 0 radical (unpaired) electrons. The van der Waals surface area contributed by atoms with Crippen molar-refractivity contribution in [1.82, 2.24) is 18.9 Å². The minimum atomic E-state index is -1.68. The Hall–Kier alpha value is -3.41. The molecule has 2 aromatic carbocycles. The maximum absolute atomic E-state index is 13.4. The highest BCUT2D eigenvalue weighted by Gasteiger charge is 2.43. The predicted molar refractivity (Wildman–Crippen MR) is 127 cm³/mol. The van der Waals surface area contributed by atoms with E-state index in [0.717, 1.165) is 27.0 Å². The summed E-state index contributed by atoms with van der Waals surface area (Å²) >= 11 is -0.263. The van der Waals surface area contributed by atoms with Crippen molar-refractivity contribution >= 4 is 50.8 Å². The van der Waals surface area contributed by atoms with Crippen LogP contribution in [-0.2, 0) is 16.3 Å². The quantitative estimate of drug-likeness (QED) is 0.412. The maximum atomic E-state index is 13.4. The Kier molecular flexibility index (Phi) is 4.82. The van der Waals surface area contributed by atoms with Gasteiger partial charge in [-0.1, -0.05) is 10.5 Å². The van der Waals surface area contributed by atoms with E-state index in [9.17, 15) is 8.94 Å². The number of anilines is 1. The molecular formula is C22H17FN6O2S2. The average molecular weight is 481 g/mol. The standard InChI is InChI=1S/C22H17FN6O2S2/c1-14-12-27(13-24-14)19-7-2-15(18-11-25-32-21(18)19)10-20-22-26-33(30)29(28(22)8-9-31-20)17-5-3-16(23)4-6-17/h2-7,10-13H,8-9H2,1H3/b20-10-. The zero-order chi connectivity index (χ0) is 22.5. The number of benzene rings is 2. The molecule has 4 aromatic rings. The van der Waals surface area contributed by atoms with Crippen molar-refractivity contribution in [1.29, 1.82) is 0 Å². The first kappa shape index (κ1) is 20.2. The van der Waals surface area contributed by atoms with Crippen molar-refractivity contribution in [3.8, 4) is 5.69 Å². The Labute approximate surface area is 195 Å². The largest absolute Gasteiger partial charge is 0.565 e. The average Bonchev–Trinajstić information content (AvgIpc) is 3.54. The smallest absolute Gasteiger partial charge is 0.247 e. The van der Waals surface area contributed by atoms with Crippen molar-refractivity contribution in [2.45, 2.75) is 6.92 Å². The summed E-state index contributed by atoms with van der Waals surface area (Å²) in [6.45, 7) is 2.83. The van der Waals surface area contributed by atoms with Crippen LogP contribution in [0.4, 0.5) is 10.1 Å². The molecule has 1 saturated heterocycles. The van der Waals surface area contributed by atoms with E-state index in [0.29, 0.717) is 30.4 Å². The van der Waals surface area contributed by atoms with E-state index in [1.807, 2.05) is 47.1 Å². The highest BCUT2D eigenvalue weighted by molar-refractivity contribution is 7.92. The van der Waals surface area contributed by atoms with Gasteiger partial charge in [-0.05, 0) is 64.8 Å². The summed E-state index contributed by atoms with van der Waals surface area (Å²) < 4.78 is 45.4. The van der Waals surface area contributed by atoms with E-state index < -0.39 is 11.5 Å². The van der Waals surface area contributed by atoms with Crippen LogP contribution in [0.3, 0.4) is 0 Å². The van der Waals surface area contributed by atoms with Crippen LogP contribution >= 0.6 is 11.5 Å². The van der Waals surface area contributed by atoms with Gasteiger partial charge < -0.3 is 13.9 Å². The van der Waals surface area contributed by atoms with Crippen molar-refractivity contribution in [2.75, 3.05) is 17.6 Å². The van der Waals surface area contributed by atoms with Crippen LogP contribution < -0.4 is 4.41 Å². The van der Waals surface area contributed by atoms with Crippen molar-refractivity contribution < 1.29 is 13.7 Å². The maximum Gasteiger partial charge on any atom is 0.247 e. The molecular weight excluding hydrogens is 463 g/mol. The number of morpholine rings is 1. The first-order chi connectivity index (χ1) is 16.1. The second kappa shape index (κ2) is 7.87. The molecule has 0 bridgehead atoms. The summed E-state index contributed by atoms with van der Waals surface area (Å²) in [6.07, 6.45) is 7.49. The summed E-state index contributed by atoms with van der Waals surface area (Å²) in [5.41, 5.74) is 3.46. The molecule has 6 rings (SSSR count). The van der Waals surface area contributed by atoms with Crippen molar-refractivity contribution in [3.05, 3.63) is 78.0 Å². The third kappa shape index (κ3) is 3.45. The van der Waals surface area contributed by atoms with Gasteiger partial charge in [-0.25, -0.2) is 14.4 Å². The van der Waals surface area contributed by atoms with Crippen LogP contribution in [0, 0.1) is 12.7 Å². The predicted octanol–water partition coefficient (Wildman–Crippen LogP) is 4.02. The van der Waals surface area contributed by atoms with Gasteiger partial charge >= 0.3 is 0 Å². The van der Waals surface area contributed by atoms with Crippen molar-refractivity contribution in [3.63, 3.8) is 0 Å². The number of amidine groups is 1. The van der Waals surface area contributed by atoms with Crippen LogP contribution in [0.15, 0.2) is 65.3 Å². The van der Waals surface area contributed by atoms with E-state index in [1.54, 1.807) is 22.9 Å². The zero-order valence-electron chi connectivity index (χ0n) is 17.4. The Balaban J connectivity index is 1.38. The van der Waals surface area contributed by atoms with Crippen LogP contribution in [0.2, 0.25) is 0 Å². The van der Waals surface area contributed by atoms with E-state index in [-0.39, 0.29) is 5.82 Å². The normalized spacial score (nSPS) is 19.2.